The zero-order valence-electron chi connectivity index (χ0n) is 8.29. The van der Waals surface area contributed by atoms with Gasteiger partial charge in [-0.25, -0.2) is 0 Å². The summed E-state index contributed by atoms with van der Waals surface area (Å²) in [6, 6.07) is -0.175. The molecule has 0 aromatic rings. The minimum absolute atomic E-state index is 0.0177. The Morgan fingerprint density at radius 1 is 1.69 bits per heavy atom. The van der Waals surface area contributed by atoms with E-state index in [-0.39, 0.29) is 12.6 Å². The molecule has 0 saturated carbocycles. The van der Waals surface area contributed by atoms with Gasteiger partial charge in [-0.2, -0.15) is 0 Å². The maximum absolute atomic E-state index is 8.88. The highest BCUT2D eigenvalue weighted by molar-refractivity contribution is 5.78. The smallest absolute Gasteiger partial charge is 0.188 e. The number of nitrogens with zero attached hydrogens (tertiary/aromatic N) is 1. The van der Waals surface area contributed by atoms with Crippen molar-refractivity contribution in [3.8, 4) is 0 Å². The Bertz CT molecular complexity index is 150. The molecule has 1 atom stereocenters. The van der Waals surface area contributed by atoms with Crippen LogP contribution in [-0.2, 0) is 4.74 Å². The second-order valence-electron chi connectivity index (χ2n) is 2.75. The molecule has 0 radical (unpaired) electrons. The Balaban J connectivity index is 3.77. The summed E-state index contributed by atoms with van der Waals surface area (Å²) in [5, 5.41) is 11.7. The molecule has 0 fully saturated rings. The van der Waals surface area contributed by atoms with Crippen molar-refractivity contribution in [2.45, 2.75) is 19.4 Å². The van der Waals surface area contributed by atoms with Crippen molar-refractivity contribution in [3.05, 3.63) is 0 Å². The third kappa shape index (κ3) is 6.36. The molecule has 13 heavy (non-hydrogen) atoms. The number of nitrogens with two attached hydrogens (primary N) is 1. The van der Waals surface area contributed by atoms with Crippen LogP contribution in [0.5, 0.6) is 0 Å². The lowest BCUT2D eigenvalue weighted by atomic mass is 10.3. The molecule has 0 bridgehead atoms. The topological polar surface area (TPSA) is 79.9 Å². The fraction of sp³-hybridized carbons (Fsp3) is 0.875. The van der Waals surface area contributed by atoms with Gasteiger partial charge in [0.2, 0.25) is 0 Å². The lowest BCUT2D eigenvalue weighted by Gasteiger charge is -2.15. The number of methoxy groups -OCH3 is 1. The molecule has 5 nitrogen and oxygen atoms in total. The molecule has 0 aromatic heterocycles. The van der Waals surface area contributed by atoms with E-state index in [1.165, 1.54) is 0 Å². The van der Waals surface area contributed by atoms with Crippen molar-refractivity contribution >= 4 is 5.96 Å². The third-order valence-electron chi connectivity index (χ3n) is 1.45. The molecule has 0 aliphatic heterocycles. The van der Waals surface area contributed by atoms with Crippen molar-refractivity contribution in [2.24, 2.45) is 10.7 Å². The van der Waals surface area contributed by atoms with Crippen LogP contribution in [0, 0.1) is 0 Å². The molecule has 0 aliphatic carbocycles. The molecule has 0 rings (SSSR count). The number of aliphatic hydroxyl groups is 1. The van der Waals surface area contributed by atoms with Crippen LogP contribution in [0.25, 0.3) is 0 Å². The number of nitrogens with one attached hydrogen (secondary N) is 1. The maximum atomic E-state index is 8.88. The van der Waals surface area contributed by atoms with Gasteiger partial charge in [0.05, 0.1) is 19.3 Å². The first-order valence-corrected chi connectivity index (χ1v) is 4.40. The third-order valence-corrected chi connectivity index (χ3v) is 1.45. The van der Waals surface area contributed by atoms with Crippen molar-refractivity contribution in [3.63, 3.8) is 0 Å². The van der Waals surface area contributed by atoms with Gasteiger partial charge in [0, 0.05) is 13.7 Å². The summed E-state index contributed by atoms with van der Waals surface area (Å²) >= 11 is 0. The minimum atomic E-state index is -0.175. The van der Waals surface area contributed by atoms with E-state index in [1.54, 1.807) is 7.11 Å². The van der Waals surface area contributed by atoms with Gasteiger partial charge in [0.15, 0.2) is 5.96 Å². The lowest BCUT2D eigenvalue weighted by molar-refractivity contribution is 0.137. The highest BCUT2D eigenvalue weighted by Gasteiger charge is 2.06. The van der Waals surface area contributed by atoms with Gasteiger partial charge < -0.3 is 20.9 Å². The average Bonchev–Trinajstić information content (AvgIpc) is 2.14. The van der Waals surface area contributed by atoms with Gasteiger partial charge in [-0.3, -0.25) is 4.99 Å². The number of ether oxygens (including phenoxy) is 1. The predicted molar refractivity (Wildman–Crippen MR) is 52.7 cm³/mol. The van der Waals surface area contributed by atoms with Crippen LogP contribution in [0.2, 0.25) is 0 Å². The van der Waals surface area contributed by atoms with E-state index >= 15 is 0 Å². The normalized spacial score (nSPS) is 14.2. The van der Waals surface area contributed by atoms with E-state index < -0.39 is 0 Å². The first kappa shape index (κ1) is 12.2. The number of guanidine groups is 1. The number of rotatable bonds is 6. The number of aliphatic hydroxyl groups excluding tert-OH is 1. The fourth-order valence-electron chi connectivity index (χ4n) is 0.828. The van der Waals surface area contributed by atoms with E-state index in [4.69, 9.17) is 15.6 Å². The quantitative estimate of drug-likeness (QED) is 0.381. The van der Waals surface area contributed by atoms with Crippen molar-refractivity contribution < 1.29 is 9.84 Å². The molecule has 0 amide bonds. The highest BCUT2D eigenvalue weighted by Crippen LogP contribution is 1.83. The van der Waals surface area contributed by atoms with Gasteiger partial charge in [-0.1, -0.05) is 6.92 Å². The summed E-state index contributed by atoms with van der Waals surface area (Å²) in [7, 11) is 1.57. The second kappa shape index (κ2) is 7.82. The standard InChI is InChI=1S/C8H19N3O2/c1-3-4-10-8(9)11-7(5-12)6-13-2/h7,12H,3-6H2,1-2H3,(H3,9,10,11). The van der Waals surface area contributed by atoms with Crippen LogP contribution in [0.3, 0.4) is 0 Å². The zero-order valence-corrected chi connectivity index (χ0v) is 8.29. The van der Waals surface area contributed by atoms with Crippen LogP contribution in [0.1, 0.15) is 13.3 Å². The van der Waals surface area contributed by atoms with Crippen LogP contribution < -0.4 is 11.1 Å². The molecule has 4 N–H and O–H groups in total. The molecule has 78 valence electrons. The van der Waals surface area contributed by atoms with Crippen LogP contribution in [0.4, 0.5) is 0 Å². The average molecular weight is 189 g/mol. The van der Waals surface area contributed by atoms with Crippen molar-refractivity contribution in [1.82, 2.24) is 5.32 Å². The van der Waals surface area contributed by atoms with Crippen molar-refractivity contribution in [1.29, 1.82) is 0 Å². The van der Waals surface area contributed by atoms with Gasteiger partial charge in [-0.15, -0.1) is 0 Å². The van der Waals surface area contributed by atoms with Crippen LogP contribution in [0.15, 0.2) is 4.99 Å². The molecule has 0 saturated heterocycles. The molecular weight excluding hydrogens is 170 g/mol. The number of hydrogen-bond acceptors (Lipinski definition) is 3. The Morgan fingerprint density at radius 3 is 2.85 bits per heavy atom. The first-order chi connectivity index (χ1) is 6.24. The van der Waals surface area contributed by atoms with E-state index in [0.717, 1.165) is 6.42 Å². The van der Waals surface area contributed by atoms with Gasteiger partial charge >= 0.3 is 0 Å². The molecule has 1 unspecified atom stereocenters. The summed E-state index contributed by atoms with van der Waals surface area (Å²) in [5.74, 6) is 0.359. The van der Waals surface area contributed by atoms with Crippen molar-refractivity contribution in [2.75, 3.05) is 26.9 Å². The summed E-state index contributed by atoms with van der Waals surface area (Å²) < 4.78 is 4.87. The van der Waals surface area contributed by atoms with Gasteiger partial charge in [-0.05, 0) is 6.42 Å². The SMILES string of the molecule is CCCN=C(N)NC(CO)COC. The van der Waals surface area contributed by atoms with Gasteiger partial charge in [0.1, 0.15) is 0 Å². The highest BCUT2D eigenvalue weighted by atomic mass is 16.5. The zero-order chi connectivity index (χ0) is 10.1. The van der Waals surface area contributed by atoms with E-state index in [9.17, 15) is 0 Å². The predicted octanol–water partition coefficient (Wildman–Crippen LogP) is -0.692. The molecule has 0 aliphatic rings. The summed E-state index contributed by atoms with van der Waals surface area (Å²) in [6.07, 6.45) is 0.955. The minimum Gasteiger partial charge on any atom is -0.394 e. The van der Waals surface area contributed by atoms with E-state index in [1.807, 2.05) is 6.92 Å². The monoisotopic (exact) mass is 189 g/mol. The molecule has 0 heterocycles. The Labute approximate surface area is 79.0 Å². The van der Waals surface area contributed by atoms with Crippen LogP contribution in [-0.4, -0.2) is 44.0 Å². The molecule has 0 aromatic carbocycles. The van der Waals surface area contributed by atoms with E-state index in [2.05, 4.69) is 10.3 Å². The summed E-state index contributed by atoms with van der Waals surface area (Å²) in [6.45, 7) is 3.12. The second-order valence-corrected chi connectivity index (χ2v) is 2.75. The summed E-state index contributed by atoms with van der Waals surface area (Å²) in [4.78, 5) is 4.03. The summed E-state index contributed by atoms with van der Waals surface area (Å²) in [5.41, 5.74) is 5.54. The number of hydrogen-bond donors (Lipinski definition) is 3. The van der Waals surface area contributed by atoms with E-state index in [0.29, 0.717) is 19.1 Å². The number of aliphatic imine (C=N–C) groups is 1. The maximum Gasteiger partial charge on any atom is 0.188 e. The Hall–Kier alpha value is -0.810. The van der Waals surface area contributed by atoms with Gasteiger partial charge in [0.25, 0.3) is 0 Å². The first-order valence-electron chi connectivity index (χ1n) is 4.40. The van der Waals surface area contributed by atoms with Crippen LogP contribution >= 0.6 is 0 Å². The largest absolute Gasteiger partial charge is 0.394 e. The molecule has 5 heteroatoms. The Kier molecular flexibility index (Phi) is 7.33. The lowest BCUT2D eigenvalue weighted by Crippen LogP contribution is -2.44. The fourth-order valence-corrected chi connectivity index (χ4v) is 0.828. The molecule has 0 spiro atoms. The Morgan fingerprint density at radius 2 is 2.38 bits per heavy atom. The molecular formula is C8H19N3O2.